The van der Waals surface area contributed by atoms with Crippen LogP contribution in [0.25, 0.3) is 21.3 Å². The molecule has 0 amide bonds. The van der Waals surface area contributed by atoms with E-state index in [1.54, 1.807) is 14.0 Å². The molecule has 0 aliphatic carbocycles. The van der Waals surface area contributed by atoms with Gasteiger partial charge in [-0.1, -0.05) is 12.1 Å². The van der Waals surface area contributed by atoms with Crippen molar-refractivity contribution in [2.75, 3.05) is 7.11 Å². The fourth-order valence-corrected chi connectivity index (χ4v) is 3.50. The molecule has 0 aliphatic heterocycles. The normalized spacial score (nSPS) is 10.9. The number of ether oxygens (including phenoxy) is 1. The molecule has 6 heteroatoms. The predicted molar refractivity (Wildman–Crippen MR) is 91.3 cm³/mol. The molecule has 23 heavy (non-hydrogen) atoms. The lowest BCUT2D eigenvalue weighted by Crippen LogP contribution is -2.26. The van der Waals surface area contributed by atoms with Crippen molar-refractivity contribution in [1.82, 2.24) is 9.55 Å². The molecule has 2 aromatic heterocycles. The zero-order valence-electron chi connectivity index (χ0n) is 13.1. The third-order valence-corrected chi connectivity index (χ3v) is 4.54. The number of methoxy groups -OCH3 is 1. The van der Waals surface area contributed by atoms with Gasteiger partial charge in [0.25, 0.3) is 5.56 Å². The van der Waals surface area contributed by atoms with Gasteiger partial charge in [0.1, 0.15) is 22.2 Å². The number of ketones is 1. The molecule has 3 rings (SSSR count). The molecular weight excluding hydrogens is 312 g/mol. The highest BCUT2D eigenvalue weighted by atomic mass is 32.1. The number of carbonyl (C=O) groups excluding carboxylic acids is 1. The van der Waals surface area contributed by atoms with E-state index >= 15 is 0 Å². The number of hydrogen-bond donors (Lipinski definition) is 0. The first-order chi connectivity index (χ1) is 11.0. The predicted octanol–water partition coefficient (Wildman–Crippen LogP) is 3.03. The van der Waals surface area contributed by atoms with Crippen molar-refractivity contribution >= 4 is 27.3 Å². The van der Waals surface area contributed by atoms with Crippen LogP contribution < -0.4 is 10.3 Å². The van der Waals surface area contributed by atoms with E-state index in [0.717, 1.165) is 16.9 Å². The van der Waals surface area contributed by atoms with Crippen LogP contribution in [-0.2, 0) is 11.3 Å². The third-order valence-electron chi connectivity index (χ3n) is 3.67. The van der Waals surface area contributed by atoms with Crippen LogP contribution in [0.2, 0.25) is 0 Å². The van der Waals surface area contributed by atoms with Crippen LogP contribution in [0, 0.1) is 6.92 Å². The summed E-state index contributed by atoms with van der Waals surface area (Å²) in [6.45, 7) is 3.26. The van der Waals surface area contributed by atoms with Gasteiger partial charge in [-0.15, -0.1) is 11.3 Å². The second-order valence-electron chi connectivity index (χ2n) is 5.31. The maximum absolute atomic E-state index is 12.8. The molecule has 0 aliphatic rings. The average Bonchev–Trinajstić information content (AvgIpc) is 2.95. The lowest BCUT2D eigenvalue weighted by molar-refractivity contribution is -0.117. The Morgan fingerprint density at radius 2 is 2.00 bits per heavy atom. The highest BCUT2D eigenvalue weighted by Crippen LogP contribution is 2.31. The molecule has 0 saturated carbocycles. The third kappa shape index (κ3) is 2.77. The minimum Gasteiger partial charge on any atom is -0.497 e. The van der Waals surface area contributed by atoms with Gasteiger partial charge in [-0.25, -0.2) is 4.98 Å². The van der Waals surface area contributed by atoms with E-state index in [1.165, 1.54) is 22.8 Å². The standard InChI is InChI=1S/C17H16N2O3S/c1-10(20)8-19-11(2)18-16-15(17(19)21)14(9-23-16)12-4-6-13(22-3)7-5-12/h4-7,9H,8H2,1-3H3. The van der Waals surface area contributed by atoms with Gasteiger partial charge in [0.2, 0.25) is 0 Å². The van der Waals surface area contributed by atoms with Crippen molar-refractivity contribution in [3.8, 4) is 16.9 Å². The molecule has 0 N–H and O–H groups in total. The Balaban J connectivity index is 2.22. The summed E-state index contributed by atoms with van der Waals surface area (Å²) in [4.78, 5) is 29.4. The largest absolute Gasteiger partial charge is 0.497 e. The maximum atomic E-state index is 12.8. The summed E-state index contributed by atoms with van der Waals surface area (Å²) >= 11 is 1.43. The highest BCUT2D eigenvalue weighted by Gasteiger charge is 2.16. The average molecular weight is 328 g/mol. The van der Waals surface area contributed by atoms with E-state index in [0.29, 0.717) is 16.0 Å². The number of rotatable bonds is 4. The van der Waals surface area contributed by atoms with Crippen molar-refractivity contribution in [3.63, 3.8) is 0 Å². The van der Waals surface area contributed by atoms with Gasteiger partial charge in [0.15, 0.2) is 0 Å². The molecule has 2 heterocycles. The number of fused-ring (bicyclic) bond motifs is 1. The van der Waals surface area contributed by atoms with E-state index < -0.39 is 0 Å². The first-order valence-electron chi connectivity index (χ1n) is 7.13. The Kier molecular flexibility index (Phi) is 4.00. The fourth-order valence-electron chi connectivity index (χ4n) is 2.52. The van der Waals surface area contributed by atoms with Crippen LogP contribution >= 0.6 is 11.3 Å². The second kappa shape index (κ2) is 5.96. The van der Waals surface area contributed by atoms with E-state index in [-0.39, 0.29) is 17.9 Å². The molecular formula is C17H16N2O3S. The van der Waals surface area contributed by atoms with Crippen molar-refractivity contribution in [2.24, 2.45) is 0 Å². The van der Waals surface area contributed by atoms with Crippen molar-refractivity contribution in [3.05, 3.63) is 45.8 Å². The van der Waals surface area contributed by atoms with Gasteiger partial charge in [0.05, 0.1) is 19.0 Å². The van der Waals surface area contributed by atoms with Crippen LogP contribution in [0.1, 0.15) is 12.7 Å². The van der Waals surface area contributed by atoms with Crippen molar-refractivity contribution < 1.29 is 9.53 Å². The van der Waals surface area contributed by atoms with E-state index in [1.807, 2.05) is 29.6 Å². The zero-order chi connectivity index (χ0) is 16.6. The molecule has 0 radical (unpaired) electrons. The molecule has 1 aromatic carbocycles. The number of hydrogen-bond acceptors (Lipinski definition) is 5. The van der Waals surface area contributed by atoms with Gasteiger partial charge in [-0.3, -0.25) is 14.2 Å². The van der Waals surface area contributed by atoms with E-state index in [4.69, 9.17) is 4.74 Å². The van der Waals surface area contributed by atoms with Crippen molar-refractivity contribution in [2.45, 2.75) is 20.4 Å². The van der Waals surface area contributed by atoms with Gasteiger partial charge in [-0.2, -0.15) is 0 Å². The molecule has 5 nitrogen and oxygen atoms in total. The van der Waals surface area contributed by atoms with E-state index in [2.05, 4.69) is 4.98 Å². The van der Waals surface area contributed by atoms with Gasteiger partial charge in [-0.05, 0) is 31.5 Å². The Labute approximate surface area is 137 Å². The molecule has 0 fully saturated rings. The number of nitrogens with zero attached hydrogens (tertiary/aromatic N) is 2. The molecule has 0 unspecified atom stereocenters. The summed E-state index contributed by atoms with van der Waals surface area (Å²) in [5.41, 5.74) is 1.59. The van der Waals surface area contributed by atoms with Gasteiger partial charge in [0, 0.05) is 10.9 Å². The highest BCUT2D eigenvalue weighted by molar-refractivity contribution is 7.17. The molecule has 0 saturated heterocycles. The summed E-state index contributed by atoms with van der Waals surface area (Å²) in [5.74, 6) is 1.25. The van der Waals surface area contributed by atoms with Crippen LogP contribution in [0.4, 0.5) is 0 Å². The lowest BCUT2D eigenvalue weighted by Gasteiger charge is -2.08. The number of Topliss-reactive ketones (excluding diaryl/α,β-unsaturated/α-hetero) is 1. The first kappa shape index (κ1) is 15.4. The lowest BCUT2D eigenvalue weighted by atomic mass is 10.1. The first-order valence-corrected chi connectivity index (χ1v) is 8.01. The second-order valence-corrected chi connectivity index (χ2v) is 6.17. The number of aromatic nitrogens is 2. The quantitative estimate of drug-likeness (QED) is 0.738. The summed E-state index contributed by atoms with van der Waals surface area (Å²) in [5, 5.41) is 2.49. The monoisotopic (exact) mass is 328 g/mol. The van der Waals surface area contributed by atoms with Crippen LogP contribution in [0.5, 0.6) is 5.75 Å². The Hall–Kier alpha value is -2.47. The maximum Gasteiger partial charge on any atom is 0.263 e. The minimum absolute atomic E-state index is 0.0471. The van der Waals surface area contributed by atoms with E-state index in [9.17, 15) is 9.59 Å². The Bertz CT molecular complexity index is 939. The van der Waals surface area contributed by atoms with Gasteiger partial charge >= 0.3 is 0 Å². The molecule has 0 bridgehead atoms. The number of benzene rings is 1. The molecule has 0 spiro atoms. The topological polar surface area (TPSA) is 61.2 Å². The SMILES string of the molecule is COc1ccc(-c2csc3nc(C)n(CC(C)=O)c(=O)c23)cc1. The Morgan fingerprint density at radius 1 is 1.30 bits per heavy atom. The Morgan fingerprint density at radius 3 is 2.61 bits per heavy atom. The van der Waals surface area contributed by atoms with Crippen LogP contribution in [0.3, 0.4) is 0 Å². The molecule has 118 valence electrons. The summed E-state index contributed by atoms with van der Waals surface area (Å²) in [6.07, 6.45) is 0. The van der Waals surface area contributed by atoms with Crippen molar-refractivity contribution in [1.29, 1.82) is 0 Å². The smallest absolute Gasteiger partial charge is 0.263 e. The molecule has 0 atom stereocenters. The fraction of sp³-hybridized carbons (Fsp3) is 0.235. The molecule has 3 aromatic rings. The summed E-state index contributed by atoms with van der Waals surface area (Å²) in [7, 11) is 1.61. The summed E-state index contributed by atoms with van der Waals surface area (Å²) < 4.78 is 6.60. The van der Waals surface area contributed by atoms with Crippen LogP contribution in [0.15, 0.2) is 34.4 Å². The zero-order valence-corrected chi connectivity index (χ0v) is 13.9. The van der Waals surface area contributed by atoms with Crippen LogP contribution in [-0.4, -0.2) is 22.4 Å². The van der Waals surface area contributed by atoms with Gasteiger partial charge < -0.3 is 4.74 Å². The number of aryl methyl sites for hydroxylation is 1. The number of thiophene rings is 1. The number of carbonyl (C=O) groups is 1. The minimum atomic E-state index is -0.172. The summed E-state index contributed by atoms with van der Waals surface area (Å²) in [6, 6.07) is 7.53.